The molecule has 31 heavy (non-hydrogen) atoms. The monoisotopic (exact) mass is 398 g/mol. The fourth-order valence-corrected chi connectivity index (χ4v) is 5.32. The summed E-state index contributed by atoms with van der Waals surface area (Å²) >= 11 is 0. The maximum atomic E-state index is 6.46. The minimum Gasteiger partial charge on any atom is -0.423 e. The molecule has 4 aromatic carbocycles. The van der Waals surface area contributed by atoms with Gasteiger partial charge in [0, 0.05) is 0 Å². The van der Waals surface area contributed by atoms with E-state index in [9.17, 15) is 0 Å². The lowest BCUT2D eigenvalue weighted by molar-refractivity contribution is 0.442. The Morgan fingerprint density at radius 3 is 1.03 bits per heavy atom. The van der Waals surface area contributed by atoms with Gasteiger partial charge in [0.2, 0.25) is 11.8 Å². The second-order valence-electron chi connectivity index (χ2n) is 8.19. The minimum atomic E-state index is -0.0273. The van der Waals surface area contributed by atoms with Crippen LogP contribution < -0.4 is 0 Å². The second-order valence-corrected chi connectivity index (χ2v) is 8.19. The summed E-state index contributed by atoms with van der Waals surface area (Å²) in [5.41, 5.74) is 9.91. The molecule has 0 saturated heterocycles. The Morgan fingerprint density at radius 1 is 0.419 bits per heavy atom. The Labute approximate surface area is 180 Å². The van der Waals surface area contributed by atoms with Crippen molar-refractivity contribution < 1.29 is 4.42 Å². The maximum absolute atomic E-state index is 6.46. The molecule has 3 heteroatoms. The Kier molecular flexibility index (Phi) is 3.39. The number of nitrogens with zero attached hydrogens (tertiary/aromatic N) is 2. The first-order chi connectivity index (χ1) is 15.4. The normalized spacial score (nSPS) is 14.2. The summed E-state index contributed by atoms with van der Waals surface area (Å²) in [6.45, 7) is 0. The van der Waals surface area contributed by atoms with Gasteiger partial charge in [-0.1, -0.05) is 97.1 Å². The van der Waals surface area contributed by atoms with Crippen LogP contribution in [0.15, 0.2) is 101 Å². The molecule has 0 N–H and O–H groups in total. The van der Waals surface area contributed by atoms with E-state index in [0.29, 0.717) is 11.8 Å². The van der Waals surface area contributed by atoms with Gasteiger partial charge in [0.1, 0.15) is 0 Å². The third-order valence-corrected chi connectivity index (χ3v) is 6.62. The number of rotatable bonds is 2. The van der Waals surface area contributed by atoms with Crippen LogP contribution in [0.1, 0.15) is 45.9 Å². The van der Waals surface area contributed by atoms with E-state index >= 15 is 0 Å². The Morgan fingerprint density at radius 2 is 0.710 bits per heavy atom. The number of aromatic nitrogens is 2. The summed E-state index contributed by atoms with van der Waals surface area (Å²) in [7, 11) is 0. The van der Waals surface area contributed by atoms with E-state index in [2.05, 4.69) is 107 Å². The first-order valence-electron chi connectivity index (χ1n) is 10.6. The maximum Gasteiger partial charge on any atom is 0.228 e. The van der Waals surface area contributed by atoms with E-state index in [-0.39, 0.29) is 11.8 Å². The molecule has 146 valence electrons. The van der Waals surface area contributed by atoms with Crippen molar-refractivity contribution >= 4 is 0 Å². The van der Waals surface area contributed by atoms with E-state index in [0.717, 1.165) is 0 Å². The number of hydrogen-bond donors (Lipinski definition) is 0. The van der Waals surface area contributed by atoms with Gasteiger partial charge in [-0.05, 0) is 44.5 Å². The van der Waals surface area contributed by atoms with Crippen LogP contribution in [0.25, 0.3) is 22.3 Å². The number of benzene rings is 4. The minimum absolute atomic E-state index is 0.0273. The molecular weight excluding hydrogens is 380 g/mol. The fourth-order valence-electron chi connectivity index (χ4n) is 5.32. The molecule has 0 bridgehead atoms. The summed E-state index contributed by atoms with van der Waals surface area (Å²) in [5, 5.41) is 9.14. The summed E-state index contributed by atoms with van der Waals surface area (Å²) in [6, 6.07) is 34.1. The molecule has 1 aromatic heterocycles. The van der Waals surface area contributed by atoms with E-state index < -0.39 is 0 Å². The topological polar surface area (TPSA) is 38.9 Å². The van der Waals surface area contributed by atoms with Gasteiger partial charge in [0.15, 0.2) is 0 Å². The highest BCUT2D eigenvalue weighted by atomic mass is 16.4. The van der Waals surface area contributed by atoms with Gasteiger partial charge < -0.3 is 4.42 Å². The van der Waals surface area contributed by atoms with E-state index in [1.807, 2.05) is 0 Å². The third-order valence-electron chi connectivity index (χ3n) is 6.62. The predicted octanol–water partition coefficient (Wildman–Crippen LogP) is 6.39. The van der Waals surface area contributed by atoms with Gasteiger partial charge in [-0.2, -0.15) is 0 Å². The SMILES string of the molecule is c1ccc2c(c1)-c1ccccc1C2c1nnc(C2c3ccccc3-c3ccccc32)o1. The Bertz CT molecular complexity index is 1260. The molecule has 0 amide bonds. The zero-order valence-electron chi connectivity index (χ0n) is 16.7. The van der Waals surface area contributed by atoms with Crippen LogP contribution in [0.4, 0.5) is 0 Å². The van der Waals surface area contributed by atoms with Gasteiger partial charge in [0.05, 0.1) is 11.8 Å². The molecule has 5 aromatic rings. The van der Waals surface area contributed by atoms with Crippen LogP contribution in [0.2, 0.25) is 0 Å². The molecule has 0 atom stereocenters. The smallest absolute Gasteiger partial charge is 0.228 e. The van der Waals surface area contributed by atoms with E-state index in [1.54, 1.807) is 0 Å². The average molecular weight is 398 g/mol. The summed E-state index contributed by atoms with van der Waals surface area (Å²) < 4.78 is 6.46. The quantitative estimate of drug-likeness (QED) is 0.339. The van der Waals surface area contributed by atoms with Crippen LogP contribution in [0.3, 0.4) is 0 Å². The molecule has 7 rings (SSSR count). The first kappa shape index (κ1) is 16.8. The molecule has 0 radical (unpaired) electrons. The molecule has 3 nitrogen and oxygen atoms in total. The largest absolute Gasteiger partial charge is 0.423 e. The first-order valence-corrected chi connectivity index (χ1v) is 10.6. The molecule has 0 spiro atoms. The Balaban J connectivity index is 1.39. The summed E-state index contributed by atoms with van der Waals surface area (Å²) in [4.78, 5) is 0. The van der Waals surface area contributed by atoms with Crippen LogP contribution in [0, 0.1) is 0 Å². The van der Waals surface area contributed by atoms with Crippen molar-refractivity contribution in [2.24, 2.45) is 0 Å². The molecule has 2 aliphatic carbocycles. The molecular formula is C28H18N2O. The van der Waals surface area contributed by atoms with Crippen molar-refractivity contribution in [2.45, 2.75) is 11.8 Å². The third kappa shape index (κ3) is 2.29. The summed E-state index contributed by atoms with van der Waals surface area (Å²) in [5.74, 6) is 1.27. The molecule has 2 aliphatic rings. The van der Waals surface area contributed by atoms with Crippen molar-refractivity contribution in [3.63, 3.8) is 0 Å². The van der Waals surface area contributed by atoms with Gasteiger partial charge in [-0.15, -0.1) is 10.2 Å². The van der Waals surface area contributed by atoms with Crippen LogP contribution in [0.5, 0.6) is 0 Å². The van der Waals surface area contributed by atoms with Crippen molar-refractivity contribution in [2.75, 3.05) is 0 Å². The molecule has 0 unspecified atom stereocenters. The zero-order valence-corrected chi connectivity index (χ0v) is 16.7. The highest BCUT2D eigenvalue weighted by molar-refractivity contribution is 5.81. The van der Waals surface area contributed by atoms with Crippen molar-refractivity contribution in [1.82, 2.24) is 10.2 Å². The van der Waals surface area contributed by atoms with Gasteiger partial charge in [0.25, 0.3) is 0 Å². The van der Waals surface area contributed by atoms with Crippen molar-refractivity contribution in [3.8, 4) is 22.3 Å². The highest BCUT2D eigenvalue weighted by Crippen LogP contribution is 2.50. The lowest BCUT2D eigenvalue weighted by atomic mass is 9.96. The van der Waals surface area contributed by atoms with Crippen LogP contribution >= 0.6 is 0 Å². The second kappa shape index (κ2) is 6.26. The van der Waals surface area contributed by atoms with E-state index in [1.165, 1.54) is 44.5 Å². The highest BCUT2D eigenvalue weighted by Gasteiger charge is 2.37. The lowest BCUT2D eigenvalue weighted by Crippen LogP contribution is -2.00. The predicted molar refractivity (Wildman–Crippen MR) is 120 cm³/mol. The van der Waals surface area contributed by atoms with Crippen molar-refractivity contribution in [3.05, 3.63) is 131 Å². The number of hydrogen-bond acceptors (Lipinski definition) is 3. The van der Waals surface area contributed by atoms with Gasteiger partial charge >= 0.3 is 0 Å². The van der Waals surface area contributed by atoms with Crippen molar-refractivity contribution in [1.29, 1.82) is 0 Å². The molecule has 0 fully saturated rings. The lowest BCUT2D eigenvalue weighted by Gasteiger charge is -2.10. The molecule has 1 heterocycles. The summed E-state index contributed by atoms with van der Waals surface area (Å²) in [6.07, 6.45) is 0. The van der Waals surface area contributed by atoms with Crippen LogP contribution in [-0.4, -0.2) is 10.2 Å². The number of fused-ring (bicyclic) bond motifs is 6. The zero-order chi connectivity index (χ0) is 20.4. The van der Waals surface area contributed by atoms with Gasteiger partial charge in [-0.3, -0.25) is 0 Å². The average Bonchev–Trinajstić information content (AvgIpc) is 3.51. The van der Waals surface area contributed by atoms with Crippen LogP contribution in [-0.2, 0) is 0 Å². The molecule has 0 saturated carbocycles. The van der Waals surface area contributed by atoms with Gasteiger partial charge in [-0.25, -0.2) is 0 Å². The fraction of sp³-hybridized carbons (Fsp3) is 0.0714. The molecule has 0 aliphatic heterocycles. The van der Waals surface area contributed by atoms with E-state index in [4.69, 9.17) is 4.42 Å². The Hall–Kier alpha value is -3.98. The standard InChI is InChI=1S/C28H18N2O/c1-5-13-21-17(9-1)18-10-2-6-14-22(18)25(21)27-29-30-28(31-27)26-23-15-7-3-11-19(23)20-12-4-8-16-24(20)26/h1-16,25-26H.